The van der Waals surface area contributed by atoms with Gasteiger partial charge in [-0.3, -0.25) is 4.79 Å². The minimum atomic E-state index is -0.348. The normalized spacial score (nSPS) is 25.1. The second-order valence-electron chi connectivity index (χ2n) is 6.39. The van der Waals surface area contributed by atoms with Crippen molar-refractivity contribution in [2.45, 2.75) is 31.6 Å². The summed E-state index contributed by atoms with van der Waals surface area (Å²) < 4.78 is 0. The zero-order valence-corrected chi connectivity index (χ0v) is 12.1. The van der Waals surface area contributed by atoms with Crippen molar-refractivity contribution in [3.63, 3.8) is 0 Å². The van der Waals surface area contributed by atoms with Crippen LogP contribution in [0.4, 0.5) is 0 Å². The maximum atomic E-state index is 11.4. The Morgan fingerprint density at radius 3 is 2.95 bits per heavy atom. The summed E-state index contributed by atoms with van der Waals surface area (Å²) in [5.74, 6) is 1.03. The van der Waals surface area contributed by atoms with Crippen LogP contribution in [0.25, 0.3) is 10.9 Å². The zero-order chi connectivity index (χ0) is 14.4. The number of amides is 1. The van der Waals surface area contributed by atoms with Crippen molar-refractivity contribution in [2.75, 3.05) is 13.1 Å². The topological polar surface area (TPSA) is 70.9 Å². The number of fused-ring (bicyclic) bond motifs is 3. The molecule has 21 heavy (non-hydrogen) atoms. The second kappa shape index (κ2) is 4.88. The molecule has 1 amide bonds. The van der Waals surface area contributed by atoms with Crippen molar-refractivity contribution in [3.05, 3.63) is 35.0 Å². The van der Waals surface area contributed by atoms with Gasteiger partial charge in [0.1, 0.15) is 0 Å². The van der Waals surface area contributed by atoms with Crippen molar-refractivity contribution in [1.82, 2.24) is 10.3 Å². The SMILES string of the molecule is NC(=O)c1ccc2[nH]c3c(c2c1)CCCC3C1CCNC1. The van der Waals surface area contributed by atoms with E-state index in [2.05, 4.69) is 10.3 Å². The largest absolute Gasteiger partial charge is 0.366 e. The number of aryl methyl sites for hydroxylation is 1. The molecule has 2 aliphatic rings. The van der Waals surface area contributed by atoms with Crippen molar-refractivity contribution < 1.29 is 4.79 Å². The zero-order valence-electron chi connectivity index (χ0n) is 12.1. The number of nitrogens with two attached hydrogens (primary N) is 1. The van der Waals surface area contributed by atoms with Crippen LogP contribution in [0.1, 0.15) is 46.8 Å². The second-order valence-corrected chi connectivity index (χ2v) is 6.39. The van der Waals surface area contributed by atoms with Crippen LogP contribution in [0.15, 0.2) is 18.2 Å². The van der Waals surface area contributed by atoms with E-state index in [0.29, 0.717) is 11.5 Å². The van der Waals surface area contributed by atoms with Crippen molar-refractivity contribution in [1.29, 1.82) is 0 Å². The van der Waals surface area contributed by atoms with E-state index in [1.54, 1.807) is 0 Å². The van der Waals surface area contributed by atoms with Gasteiger partial charge in [-0.2, -0.15) is 0 Å². The molecular formula is C17H21N3O. The highest BCUT2D eigenvalue weighted by molar-refractivity contribution is 5.98. The van der Waals surface area contributed by atoms with Gasteiger partial charge in [-0.05, 0) is 68.5 Å². The molecule has 2 aromatic rings. The lowest BCUT2D eigenvalue weighted by atomic mass is 9.78. The Hall–Kier alpha value is -1.81. The molecule has 4 nitrogen and oxygen atoms in total. The number of aromatic nitrogens is 1. The summed E-state index contributed by atoms with van der Waals surface area (Å²) in [6.45, 7) is 2.27. The number of aromatic amines is 1. The molecule has 1 aromatic carbocycles. The third-order valence-corrected chi connectivity index (χ3v) is 5.20. The van der Waals surface area contributed by atoms with E-state index >= 15 is 0 Å². The highest BCUT2D eigenvalue weighted by Crippen LogP contribution is 2.41. The molecule has 2 atom stereocenters. The number of rotatable bonds is 2. The Labute approximate surface area is 124 Å². The predicted molar refractivity (Wildman–Crippen MR) is 83.5 cm³/mol. The van der Waals surface area contributed by atoms with Crippen LogP contribution >= 0.6 is 0 Å². The van der Waals surface area contributed by atoms with E-state index in [-0.39, 0.29) is 5.91 Å². The maximum Gasteiger partial charge on any atom is 0.248 e. The third kappa shape index (κ3) is 2.05. The van der Waals surface area contributed by atoms with Crippen molar-refractivity contribution in [3.8, 4) is 0 Å². The molecular weight excluding hydrogens is 262 g/mol. The fraction of sp³-hybridized carbons (Fsp3) is 0.471. The Morgan fingerprint density at radius 1 is 1.29 bits per heavy atom. The van der Waals surface area contributed by atoms with Crippen LogP contribution in [-0.4, -0.2) is 24.0 Å². The number of carbonyl (C=O) groups is 1. The molecule has 1 aliphatic heterocycles. The Kier molecular flexibility index (Phi) is 3.00. The van der Waals surface area contributed by atoms with Crippen LogP contribution in [0.5, 0.6) is 0 Å². The van der Waals surface area contributed by atoms with Gasteiger partial charge in [0.15, 0.2) is 0 Å². The quantitative estimate of drug-likeness (QED) is 0.791. The predicted octanol–water partition coefficient (Wildman–Crippen LogP) is 2.30. The van der Waals surface area contributed by atoms with E-state index in [1.807, 2.05) is 18.2 Å². The van der Waals surface area contributed by atoms with Gasteiger partial charge in [0.05, 0.1) is 0 Å². The highest BCUT2D eigenvalue weighted by Gasteiger charge is 2.32. The van der Waals surface area contributed by atoms with Crippen LogP contribution in [0.3, 0.4) is 0 Å². The minimum Gasteiger partial charge on any atom is -0.366 e. The first-order valence-electron chi connectivity index (χ1n) is 7.89. The molecule has 1 aromatic heterocycles. The van der Waals surface area contributed by atoms with Gasteiger partial charge in [-0.15, -0.1) is 0 Å². The lowest BCUT2D eigenvalue weighted by molar-refractivity contribution is 0.100. The molecule has 4 heteroatoms. The van der Waals surface area contributed by atoms with Crippen LogP contribution in [0.2, 0.25) is 0 Å². The summed E-state index contributed by atoms with van der Waals surface area (Å²) in [6.07, 6.45) is 4.89. The number of carbonyl (C=O) groups excluding carboxylic acids is 1. The summed E-state index contributed by atoms with van der Waals surface area (Å²) in [7, 11) is 0. The average molecular weight is 283 g/mol. The number of primary amides is 1. The van der Waals surface area contributed by atoms with Crippen LogP contribution < -0.4 is 11.1 Å². The molecule has 4 N–H and O–H groups in total. The average Bonchev–Trinajstić information content (AvgIpc) is 3.13. The summed E-state index contributed by atoms with van der Waals surface area (Å²) >= 11 is 0. The van der Waals surface area contributed by atoms with E-state index in [4.69, 9.17) is 5.73 Å². The molecule has 110 valence electrons. The lowest BCUT2D eigenvalue weighted by Gasteiger charge is -2.27. The molecule has 1 fully saturated rings. The smallest absolute Gasteiger partial charge is 0.248 e. The number of H-pyrrole nitrogens is 1. The van der Waals surface area contributed by atoms with Crippen LogP contribution in [-0.2, 0) is 6.42 Å². The monoisotopic (exact) mass is 283 g/mol. The number of benzene rings is 1. The van der Waals surface area contributed by atoms with E-state index in [1.165, 1.54) is 35.9 Å². The van der Waals surface area contributed by atoms with Gasteiger partial charge < -0.3 is 16.0 Å². The summed E-state index contributed by atoms with van der Waals surface area (Å²) in [4.78, 5) is 15.0. The first-order valence-corrected chi connectivity index (χ1v) is 7.89. The van der Waals surface area contributed by atoms with Gasteiger partial charge in [-0.1, -0.05) is 0 Å². The van der Waals surface area contributed by atoms with Crippen molar-refractivity contribution >= 4 is 16.8 Å². The fourth-order valence-electron chi connectivity index (χ4n) is 4.14. The third-order valence-electron chi connectivity index (χ3n) is 5.20. The molecule has 2 unspecified atom stereocenters. The van der Waals surface area contributed by atoms with Gasteiger partial charge in [0, 0.05) is 28.1 Å². The molecule has 2 heterocycles. The van der Waals surface area contributed by atoms with Gasteiger partial charge >= 0.3 is 0 Å². The molecule has 1 aliphatic carbocycles. The molecule has 0 bridgehead atoms. The summed E-state index contributed by atoms with van der Waals surface area (Å²) in [5, 5.41) is 4.67. The number of nitrogens with one attached hydrogen (secondary N) is 2. The number of hydrogen-bond donors (Lipinski definition) is 3. The van der Waals surface area contributed by atoms with Gasteiger partial charge in [-0.25, -0.2) is 0 Å². The Balaban J connectivity index is 1.82. The molecule has 0 radical (unpaired) electrons. The first-order chi connectivity index (χ1) is 10.2. The molecule has 0 spiro atoms. The van der Waals surface area contributed by atoms with Gasteiger partial charge in [0.2, 0.25) is 5.91 Å². The molecule has 0 saturated carbocycles. The van der Waals surface area contributed by atoms with E-state index in [0.717, 1.165) is 30.9 Å². The summed E-state index contributed by atoms with van der Waals surface area (Å²) in [5.41, 5.74) is 9.99. The Bertz CT molecular complexity index is 697. The highest BCUT2D eigenvalue weighted by atomic mass is 16.1. The lowest BCUT2D eigenvalue weighted by Crippen LogP contribution is -2.20. The van der Waals surface area contributed by atoms with E-state index < -0.39 is 0 Å². The first kappa shape index (κ1) is 12.9. The summed E-state index contributed by atoms with van der Waals surface area (Å²) in [6, 6.07) is 5.78. The molecule has 4 rings (SSSR count). The van der Waals surface area contributed by atoms with Crippen molar-refractivity contribution in [2.24, 2.45) is 11.7 Å². The van der Waals surface area contributed by atoms with Gasteiger partial charge in [0.25, 0.3) is 0 Å². The Morgan fingerprint density at radius 2 is 2.19 bits per heavy atom. The maximum absolute atomic E-state index is 11.4. The van der Waals surface area contributed by atoms with E-state index in [9.17, 15) is 4.79 Å². The standard InChI is InChI=1S/C17H21N3O/c18-17(21)10-4-5-15-14(8-10)13-3-1-2-12(16(13)20-15)11-6-7-19-9-11/h4-5,8,11-12,19-20H,1-3,6-7,9H2,(H2,18,21). The van der Waals surface area contributed by atoms with Crippen LogP contribution in [0, 0.1) is 5.92 Å². The molecule has 1 saturated heterocycles. The number of hydrogen-bond acceptors (Lipinski definition) is 2. The fourth-order valence-corrected chi connectivity index (χ4v) is 4.14. The minimum absolute atomic E-state index is 0.348.